The van der Waals surface area contributed by atoms with Gasteiger partial charge >= 0.3 is 6.03 Å². The third kappa shape index (κ3) is 4.22. The first kappa shape index (κ1) is 15.9. The van der Waals surface area contributed by atoms with Gasteiger partial charge in [0.2, 0.25) is 0 Å². The zero-order chi connectivity index (χ0) is 15.4. The van der Waals surface area contributed by atoms with Crippen molar-refractivity contribution in [3.8, 4) is 0 Å². The van der Waals surface area contributed by atoms with Crippen LogP contribution in [0, 0.1) is 6.92 Å². The molecule has 0 saturated carbocycles. The number of urea groups is 1. The first-order valence-corrected chi connectivity index (χ1v) is 7.72. The molecule has 0 heterocycles. The van der Waals surface area contributed by atoms with E-state index in [9.17, 15) is 4.79 Å². The van der Waals surface area contributed by atoms with Crippen LogP contribution in [0.4, 0.5) is 10.5 Å². The molecule has 110 valence electrons. The Labute approximate surface area is 137 Å². The van der Waals surface area contributed by atoms with Gasteiger partial charge < -0.3 is 10.6 Å². The summed E-state index contributed by atoms with van der Waals surface area (Å²) in [6.07, 6.45) is 0. The molecule has 1 unspecified atom stereocenters. The van der Waals surface area contributed by atoms with Crippen molar-refractivity contribution in [2.75, 3.05) is 5.32 Å². The highest BCUT2D eigenvalue weighted by Gasteiger charge is 2.12. The summed E-state index contributed by atoms with van der Waals surface area (Å²) in [5, 5.41) is 6.32. The highest BCUT2D eigenvalue weighted by molar-refractivity contribution is 9.10. The summed E-state index contributed by atoms with van der Waals surface area (Å²) in [7, 11) is 0. The van der Waals surface area contributed by atoms with Crippen LogP contribution < -0.4 is 10.6 Å². The molecule has 0 fully saturated rings. The van der Waals surface area contributed by atoms with E-state index in [4.69, 9.17) is 11.6 Å². The summed E-state index contributed by atoms with van der Waals surface area (Å²) < 4.78 is 0.969. The third-order valence-electron chi connectivity index (χ3n) is 3.17. The summed E-state index contributed by atoms with van der Waals surface area (Å²) in [6.45, 7) is 3.85. The van der Waals surface area contributed by atoms with E-state index in [0.29, 0.717) is 10.7 Å². The minimum absolute atomic E-state index is 0.111. The lowest BCUT2D eigenvalue weighted by atomic mass is 10.1. The fourth-order valence-electron chi connectivity index (χ4n) is 1.99. The van der Waals surface area contributed by atoms with E-state index in [0.717, 1.165) is 15.6 Å². The predicted octanol–water partition coefficient (Wildman–Crippen LogP) is 5.29. The van der Waals surface area contributed by atoms with Crippen molar-refractivity contribution >= 4 is 39.2 Å². The zero-order valence-corrected chi connectivity index (χ0v) is 14.1. The van der Waals surface area contributed by atoms with Gasteiger partial charge in [-0.1, -0.05) is 51.8 Å². The van der Waals surface area contributed by atoms with Crippen molar-refractivity contribution in [2.45, 2.75) is 19.9 Å². The molecule has 2 amide bonds. The molecule has 0 bridgehead atoms. The number of hydrogen-bond donors (Lipinski definition) is 2. The molecule has 3 nitrogen and oxygen atoms in total. The largest absolute Gasteiger partial charge is 0.331 e. The first-order chi connectivity index (χ1) is 9.97. The smallest absolute Gasteiger partial charge is 0.319 e. The van der Waals surface area contributed by atoms with E-state index in [1.165, 1.54) is 0 Å². The maximum absolute atomic E-state index is 12.1. The lowest BCUT2D eigenvalue weighted by molar-refractivity contribution is 0.249. The summed E-state index contributed by atoms with van der Waals surface area (Å²) in [6, 6.07) is 12.8. The quantitative estimate of drug-likeness (QED) is 0.760. The van der Waals surface area contributed by atoms with E-state index >= 15 is 0 Å². The highest BCUT2D eigenvalue weighted by atomic mass is 79.9. The van der Waals surface area contributed by atoms with Crippen LogP contribution in [0.3, 0.4) is 0 Å². The molecule has 0 spiro atoms. The van der Waals surface area contributed by atoms with Crippen LogP contribution in [0.1, 0.15) is 24.1 Å². The molecule has 0 aliphatic heterocycles. The fourth-order valence-corrected chi connectivity index (χ4v) is 2.79. The lowest BCUT2D eigenvalue weighted by Gasteiger charge is -2.17. The molecule has 1 atom stereocenters. The van der Waals surface area contributed by atoms with Crippen molar-refractivity contribution in [1.29, 1.82) is 0 Å². The summed E-state index contributed by atoms with van der Waals surface area (Å²) >= 11 is 9.43. The number of hydrogen-bond acceptors (Lipinski definition) is 1. The van der Waals surface area contributed by atoms with Gasteiger partial charge in [0.25, 0.3) is 0 Å². The lowest BCUT2D eigenvalue weighted by Crippen LogP contribution is -2.31. The van der Waals surface area contributed by atoms with Crippen LogP contribution in [0.5, 0.6) is 0 Å². The van der Waals surface area contributed by atoms with Crippen molar-refractivity contribution in [3.63, 3.8) is 0 Å². The topological polar surface area (TPSA) is 41.1 Å². The Bertz CT molecular complexity index is 660. The highest BCUT2D eigenvalue weighted by Crippen LogP contribution is 2.23. The molecular formula is C16H16BrClN2O. The Morgan fingerprint density at radius 1 is 1.24 bits per heavy atom. The third-order valence-corrected chi connectivity index (χ3v) is 4.12. The summed E-state index contributed by atoms with van der Waals surface area (Å²) in [5.41, 5.74) is 2.69. The number of anilines is 1. The van der Waals surface area contributed by atoms with Crippen molar-refractivity contribution < 1.29 is 4.79 Å². The molecule has 5 heteroatoms. The van der Waals surface area contributed by atoms with Gasteiger partial charge in [0.1, 0.15) is 0 Å². The molecule has 0 aliphatic rings. The van der Waals surface area contributed by atoms with Gasteiger partial charge in [-0.3, -0.25) is 0 Å². The molecule has 0 radical (unpaired) electrons. The number of nitrogens with one attached hydrogen (secondary N) is 2. The molecule has 2 rings (SSSR count). The molecule has 21 heavy (non-hydrogen) atoms. The zero-order valence-electron chi connectivity index (χ0n) is 11.8. The number of benzene rings is 2. The van der Waals surface area contributed by atoms with Crippen LogP contribution in [-0.4, -0.2) is 6.03 Å². The van der Waals surface area contributed by atoms with Crippen LogP contribution in [0.25, 0.3) is 0 Å². The van der Waals surface area contributed by atoms with Crippen LogP contribution in [0.15, 0.2) is 46.9 Å². The average Bonchev–Trinajstić information content (AvgIpc) is 2.43. The molecular weight excluding hydrogens is 352 g/mol. The van der Waals surface area contributed by atoms with Gasteiger partial charge in [0, 0.05) is 15.2 Å². The van der Waals surface area contributed by atoms with E-state index < -0.39 is 0 Å². The monoisotopic (exact) mass is 366 g/mol. The molecule has 0 aromatic heterocycles. The van der Waals surface area contributed by atoms with E-state index in [1.807, 2.05) is 44.2 Å². The molecule has 2 N–H and O–H groups in total. The Morgan fingerprint density at radius 2 is 1.95 bits per heavy atom. The van der Waals surface area contributed by atoms with E-state index in [1.54, 1.807) is 12.1 Å². The summed E-state index contributed by atoms with van der Waals surface area (Å²) in [5.74, 6) is 0. The van der Waals surface area contributed by atoms with Gasteiger partial charge in [0.05, 0.1) is 6.04 Å². The Morgan fingerprint density at radius 3 is 2.67 bits per heavy atom. The maximum atomic E-state index is 12.1. The molecule has 2 aromatic carbocycles. The predicted molar refractivity (Wildman–Crippen MR) is 90.9 cm³/mol. The normalized spacial score (nSPS) is 11.8. The van der Waals surface area contributed by atoms with Gasteiger partial charge in [-0.15, -0.1) is 0 Å². The van der Waals surface area contributed by atoms with Gasteiger partial charge in [-0.05, 0) is 43.2 Å². The van der Waals surface area contributed by atoms with Gasteiger partial charge in [-0.2, -0.15) is 0 Å². The van der Waals surface area contributed by atoms with Gasteiger partial charge in [-0.25, -0.2) is 4.79 Å². The molecule has 2 aromatic rings. The second-order valence-corrected chi connectivity index (χ2v) is 6.09. The van der Waals surface area contributed by atoms with Crippen molar-refractivity contribution in [3.05, 3.63) is 63.1 Å². The van der Waals surface area contributed by atoms with Crippen molar-refractivity contribution in [2.24, 2.45) is 0 Å². The van der Waals surface area contributed by atoms with Gasteiger partial charge in [0.15, 0.2) is 0 Å². The number of amides is 2. The molecule has 0 aliphatic carbocycles. The molecule has 0 saturated heterocycles. The average molecular weight is 368 g/mol. The maximum Gasteiger partial charge on any atom is 0.319 e. The van der Waals surface area contributed by atoms with Crippen molar-refractivity contribution in [1.82, 2.24) is 5.32 Å². The minimum Gasteiger partial charge on any atom is -0.331 e. The number of rotatable bonds is 3. The van der Waals surface area contributed by atoms with Crippen LogP contribution >= 0.6 is 27.5 Å². The van der Waals surface area contributed by atoms with Crippen LogP contribution in [-0.2, 0) is 0 Å². The van der Waals surface area contributed by atoms with Crippen LogP contribution in [0.2, 0.25) is 5.02 Å². The van der Waals surface area contributed by atoms with E-state index in [-0.39, 0.29) is 12.1 Å². The number of halogens is 2. The minimum atomic E-state index is -0.261. The Hall–Kier alpha value is -1.52. The Kier molecular flexibility index (Phi) is 5.26. The Balaban J connectivity index is 2.05. The standard InChI is InChI=1S/C16H16BrClN2O/c1-10-7-8-12(18)9-15(10)20-16(21)19-11(2)13-5-3-4-6-14(13)17/h3-9,11H,1-2H3,(H2,19,20,21). The second-order valence-electron chi connectivity index (χ2n) is 4.80. The summed E-state index contributed by atoms with van der Waals surface area (Å²) in [4.78, 5) is 12.1. The number of carbonyl (C=O) groups is 1. The first-order valence-electron chi connectivity index (χ1n) is 6.55. The number of carbonyl (C=O) groups excluding carboxylic acids is 1. The van der Waals surface area contributed by atoms with E-state index in [2.05, 4.69) is 26.6 Å². The second kappa shape index (κ2) is 6.96. The number of aryl methyl sites for hydroxylation is 1. The SMILES string of the molecule is Cc1ccc(Cl)cc1NC(=O)NC(C)c1ccccc1Br. The fraction of sp³-hybridized carbons (Fsp3) is 0.188.